The van der Waals surface area contributed by atoms with Gasteiger partial charge < -0.3 is 15.2 Å². The Hall–Kier alpha value is -1.88. The quantitative estimate of drug-likeness (QED) is 0.843. The summed E-state index contributed by atoms with van der Waals surface area (Å²) in [7, 11) is 0. The first-order chi connectivity index (χ1) is 8.61. The van der Waals surface area contributed by atoms with Crippen LogP contribution >= 0.6 is 0 Å². The van der Waals surface area contributed by atoms with E-state index in [1.807, 2.05) is 6.07 Å². The number of carboxylic acid groups (broad SMARTS) is 1. The van der Waals surface area contributed by atoms with Crippen LogP contribution in [0.25, 0.3) is 0 Å². The SMILES string of the molecule is CC[C@@H](NC(=O)c1ccc2c(c1)COC2)C(=O)O. The van der Waals surface area contributed by atoms with E-state index in [0.717, 1.165) is 11.1 Å². The predicted molar refractivity (Wildman–Crippen MR) is 64.1 cm³/mol. The zero-order chi connectivity index (χ0) is 13.1. The van der Waals surface area contributed by atoms with E-state index >= 15 is 0 Å². The van der Waals surface area contributed by atoms with E-state index in [9.17, 15) is 9.59 Å². The minimum absolute atomic E-state index is 0.356. The summed E-state index contributed by atoms with van der Waals surface area (Å²) in [5.41, 5.74) is 2.54. The number of rotatable bonds is 4. The van der Waals surface area contributed by atoms with Crippen molar-refractivity contribution in [3.05, 3.63) is 34.9 Å². The van der Waals surface area contributed by atoms with Crippen LogP contribution in [0.15, 0.2) is 18.2 Å². The minimum atomic E-state index is -1.02. The fourth-order valence-corrected chi connectivity index (χ4v) is 1.89. The van der Waals surface area contributed by atoms with E-state index in [-0.39, 0.29) is 5.91 Å². The molecule has 0 aliphatic carbocycles. The Kier molecular flexibility index (Phi) is 3.62. The molecule has 1 aromatic carbocycles. The molecule has 0 bridgehead atoms. The zero-order valence-electron chi connectivity index (χ0n) is 10.1. The van der Waals surface area contributed by atoms with Crippen LogP contribution in [0.2, 0.25) is 0 Å². The Morgan fingerprint density at radius 1 is 1.39 bits per heavy atom. The van der Waals surface area contributed by atoms with Gasteiger partial charge in [-0.15, -0.1) is 0 Å². The number of carbonyl (C=O) groups is 2. The number of nitrogens with one attached hydrogen (secondary N) is 1. The third kappa shape index (κ3) is 2.51. The van der Waals surface area contributed by atoms with Gasteiger partial charge in [0.15, 0.2) is 0 Å². The maximum absolute atomic E-state index is 11.9. The van der Waals surface area contributed by atoms with Crippen molar-refractivity contribution in [3.63, 3.8) is 0 Å². The second-order valence-electron chi connectivity index (χ2n) is 4.25. The largest absolute Gasteiger partial charge is 0.480 e. The molecule has 0 spiro atoms. The molecule has 0 unspecified atom stereocenters. The number of hydrogen-bond acceptors (Lipinski definition) is 3. The molecule has 2 rings (SSSR count). The molecule has 1 aliphatic heterocycles. The van der Waals surface area contributed by atoms with Crippen molar-refractivity contribution in [1.82, 2.24) is 5.32 Å². The van der Waals surface area contributed by atoms with Crippen LogP contribution in [0.1, 0.15) is 34.8 Å². The molecular weight excluding hydrogens is 234 g/mol. The molecule has 18 heavy (non-hydrogen) atoms. The fraction of sp³-hybridized carbons (Fsp3) is 0.385. The highest BCUT2D eigenvalue weighted by atomic mass is 16.5. The molecule has 2 N–H and O–H groups in total. The summed E-state index contributed by atoms with van der Waals surface area (Å²) < 4.78 is 5.26. The number of aliphatic carboxylic acids is 1. The third-order valence-electron chi connectivity index (χ3n) is 3.00. The summed E-state index contributed by atoms with van der Waals surface area (Å²) >= 11 is 0. The first-order valence-corrected chi connectivity index (χ1v) is 5.85. The molecule has 5 nitrogen and oxygen atoms in total. The molecule has 1 amide bonds. The fourth-order valence-electron chi connectivity index (χ4n) is 1.89. The maximum Gasteiger partial charge on any atom is 0.326 e. The molecule has 0 saturated carbocycles. The topological polar surface area (TPSA) is 75.6 Å². The van der Waals surface area contributed by atoms with Gasteiger partial charge in [0.25, 0.3) is 5.91 Å². The van der Waals surface area contributed by atoms with Crippen LogP contribution in [0.5, 0.6) is 0 Å². The number of ether oxygens (including phenoxy) is 1. The highest BCUT2D eigenvalue weighted by Gasteiger charge is 2.20. The van der Waals surface area contributed by atoms with E-state index in [2.05, 4.69) is 5.32 Å². The number of amides is 1. The van der Waals surface area contributed by atoms with E-state index in [1.165, 1.54) is 0 Å². The van der Waals surface area contributed by atoms with E-state index in [4.69, 9.17) is 9.84 Å². The zero-order valence-corrected chi connectivity index (χ0v) is 10.1. The van der Waals surface area contributed by atoms with Crippen LogP contribution < -0.4 is 5.32 Å². The van der Waals surface area contributed by atoms with Gasteiger partial charge in [0, 0.05) is 5.56 Å². The lowest BCUT2D eigenvalue weighted by Crippen LogP contribution is -2.40. The Morgan fingerprint density at radius 3 is 2.78 bits per heavy atom. The lowest BCUT2D eigenvalue weighted by atomic mass is 10.1. The number of carbonyl (C=O) groups excluding carboxylic acids is 1. The smallest absolute Gasteiger partial charge is 0.326 e. The van der Waals surface area contributed by atoms with Gasteiger partial charge >= 0.3 is 5.97 Å². The van der Waals surface area contributed by atoms with Crippen molar-refractivity contribution >= 4 is 11.9 Å². The van der Waals surface area contributed by atoms with Crippen LogP contribution in [0.4, 0.5) is 0 Å². The van der Waals surface area contributed by atoms with Crippen LogP contribution in [-0.2, 0) is 22.7 Å². The van der Waals surface area contributed by atoms with Crippen LogP contribution in [0, 0.1) is 0 Å². The molecule has 0 radical (unpaired) electrons. The van der Waals surface area contributed by atoms with Crippen molar-refractivity contribution in [2.24, 2.45) is 0 Å². The average molecular weight is 249 g/mol. The van der Waals surface area contributed by atoms with E-state index < -0.39 is 12.0 Å². The molecule has 5 heteroatoms. The molecule has 1 atom stereocenters. The number of benzene rings is 1. The molecule has 1 aliphatic rings. The first-order valence-electron chi connectivity index (χ1n) is 5.85. The van der Waals surface area contributed by atoms with Gasteiger partial charge in [0.05, 0.1) is 13.2 Å². The molecule has 0 saturated heterocycles. The summed E-state index contributed by atoms with van der Waals surface area (Å²) in [6.07, 6.45) is 0.356. The van der Waals surface area contributed by atoms with Crippen molar-refractivity contribution in [3.8, 4) is 0 Å². The molecule has 0 fully saturated rings. The molecule has 96 valence electrons. The van der Waals surface area contributed by atoms with Crippen LogP contribution in [0.3, 0.4) is 0 Å². The summed E-state index contributed by atoms with van der Waals surface area (Å²) in [4.78, 5) is 22.8. The summed E-state index contributed by atoms with van der Waals surface area (Å²) in [6.45, 7) is 2.80. The molecule has 0 aromatic heterocycles. The monoisotopic (exact) mass is 249 g/mol. The van der Waals surface area contributed by atoms with Gasteiger partial charge in [0.2, 0.25) is 0 Å². The standard InChI is InChI=1S/C13H15NO4/c1-2-11(13(16)17)14-12(15)8-3-4-9-6-18-7-10(9)5-8/h3-5,11H,2,6-7H2,1H3,(H,14,15)(H,16,17)/t11-/m1/s1. The van der Waals surface area contributed by atoms with Gasteiger partial charge in [-0.05, 0) is 29.7 Å². The Labute approximate surface area is 105 Å². The van der Waals surface area contributed by atoms with Gasteiger partial charge in [-0.2, -0.15) is 0 Å². The first kappa shape index (κ1) is 12.6. The second-order valence-corrected chi connectivity index (χ2v) is 4.25. The van der Waals surface area contributed by atoms with Gasteiger partial charge in [0.1, 0.15) is 6.04 Å². The Morgan fingerprint density at radius 2 is 2.11 bits per heavy atom. The lowest BCUT2D eigenvalue weighted by molar-refractivity contribution is -0.139. The van der Waals surface area contributed by atoms with Crippen molar-refractivity contribution in [2.75, 3.05) is 0 Å². The number of carboxylic acids is 1. The summed E-state index contributed by atoms with van der Waals surface area (Å²) in [5.74, 6) is -1.38. The molecule has 1 aromatic rings. The minimum Gasteiger partial charge on any atom is -0.480 e. The number of hydrogen-bond donors (Lipinski definition) is 2. The van der Waals surface area contributed by atoms with Gasteiger partial charge in [-0.3, -0.25) is 4.79 Å². The van der Waals surface area contributed by atoms with Gasteiger partial charge in [-0.25, -0.2) is 4.79 Å². The maximum atomic E-state index is 11.9. The number of fused-ring (bicyclic) bond motifs is 1. The predicted octanol–water partition coefficient (Wildman–Crippen LogP) is 1.31. The highest BCUT2D eigenvalue weighted by molar-refractivity contribution is 5.96. The molecular formula is C13H15NO4. The van der Waals surface area contributed by atoms with Crippen LogP contribution in [-0.4, -0.2) is 23.0 Å². The van der Waals surface area contributed by atoms with E-state index in [0.29, 0.717) is 25.2 Å². The Balaban J connectivity index is 2.12. The van der Waals surface area contributed by atoms with Crippen molar-refractivity contribution in [1.29, 1.82) is 0 Å². The second kappa shape index (κ2) is 5.18. The van der Waals surface area contributed by atoms with Crippen molar-refractivity contribution in [2.45, 2.75) is 32.6 Å². The normalized spacial score (nSPS) is 14.9. The van der Waals surface area contributed by atoms with E-state index in [1.54, 1.807) is 19.1 Å². The summed E-state index contributed by atoms with van der Waals surface area (Å²) in [5, 5.41) is 11.4. The van der Waals surface area contributed by atoms with Crippen molar-refractivity contribution < 1.29 is 19.4 Å². The lowest BCUT2D eigenvalue weighted by Gasteiger charge is -2.12. The Bertz CT molecular complexity index is 484. The third-order valence-corrected chi connectivity index (χ3v) is 3.00. The summed E-state index contributed by atoms with van der Waals surface area (Å²) in [6, 6.07) is 4.45. The highest BCUT2D eigenvalue weighted by Crippen LogP contribution is 2.20. The average Bonchev–Trinajstić information content (AvgIpc) is 2.82. The molecule has 1 heterocycles. The van der Waals surface area contributed by atoms with Gasteiger partial charge in [-0.1, -0.05) is 13.0 Å².